The number of imidazole rings is 1. The van der Waals surface area contributed by atoms with Gasteiger partial charge in [0.25, 0.3) is 0 Å². The van der Waals surface area contributed by atoms with Crippen LogP contribution in [0.1, 0.15) is 0 Å². The number of anilines is 1. The summed E-state index contributed by atoms with van der Waals surface area (Å²) in [7, 11) is 1.56. The fraction of sp³-hybridized carbons (Fsp3) is 0.0833. The molecule has 0 aliphatic carbocycles. The van der Waals surface area contributed by atoms with Crippen LogP contribution in [-0.2, 0) is 0 Å². The van der Waals surface area contributed by atoms with Gasteiger partial charge in [0.15, 0.2) is 5.65 Å². The Labute approximate surface area is 108 Å². The lowest BCUT2D eigenvalue weighted by Gasteiger charge is -2.08. The molecule has 1 aromatic carbocycles. The molecule has 3 rings (SSSR count). The van der Waals surface area contributed by atoms with Crippen molar-refractivity contribution in [2.24, 2.45) is 0 Å². The highest BCUT2D eigenvalue weighted by atomic mass is 16.5. The van der Waals surface area contributed by atoms with Gasteiger partial charge >= 0.3 is 0 Å². The number of hydrogen-bond donors (Lipinski definition) is 2. The van der Waals surface area contributed by atoms with Crippen LogP contribution in [0, 0.1) is 0 Å². The molecule has 3 N–H and O–H groups in total. The third-order valence-electron chi connectivity index (χ3n) is 2.60. The van der Waals surface area contributed by atoms with Crippen LogP contribution >= 0.6 is 0 Å². The Balaban J connectivity index is 1.97. The van der Waals surface area contributed by atoms with Gasteiger partial charge < -0.3 is 20.2 Å². The molecule has 7 nitrogen and oxygen atoms in total. The van der Waals surface area contributed by atoms with Gasteiger partial charge in [-0.15, -0.1) is 0 Å². The van der Waals surface area contributed by atoms with Crippen LogP contribution in [0.15, 0.2) is 30.9 Å². The number of nitrogens with one attached hydrogen (secondary N) is 1. The molecule has 96 valence electrons. The maximum atomic E-state index is 5.82. The minimum absolute atomic E-state index is 0.395. The quantitative estimate of drug-likeness (QED) is 0.693. The minimum Gasteiger partial charge on any atom is -0.495 e. The fourth-order valence-corrected chi connectivity index (χ4v) is 1.71. The van der Waals surface area contributed by atoms with E-state index in [1.54, 1.807) is 25.3 Å². The maximum Gasteiger partial charge on any atom is 0.248 e. The summed E-state index contributed by atoms with van der Waals surface area (Å²) in [5, 5.41) is 0. The van der Waals surface area contributed by atoms with Gasteiger partial charge in [0.05, 0.1) is 19.1 Å². The molecular formula is C12H11N5O2. The number of fused-ring (bicyclic) bond motifs is 1. The molecule has 0 saturated carbocycles. The van der Waals surface area contributed by atoms with Crippen molar-refractivity contribution < 1.29 is 9.47 Å². The van der Waals surface area contributed by atoms with Gasteiger partial charge in [-0.05, 0) is 12.1 Å². The second kappa shape index (κ2) is 4.45. The van der Waals surface area contributed by atoms with Crippen molar-refractivity contribution in [3.05, 3.63) is 30.9 Å². The Kier molecular flexibility index (Phi) is 2.64. The van der Waals surface area contributed by atoms with Crippen molar-refractivity contribution in [3.8, 4) is 17.4 Å². The molecule has 2 heterocycles. The van der Waals surface area contributed by atoms with E-state index in [0.29, 0.717) is 34.2 Å². The number of aromatic nitrogens is 4. The lowest BCUT2D eigenvalue weighted by molar-refractivity contribution is 0.414. The second-order valence-corrected chi connectivity index (χ2v) is 3.79. The van der Waals surface area contributed by atoms with Crippen LogP contribution in [0.25, 0.3) is 11.2 Å². The van der Waals surface area contributed by atoms with Crippen LogP contribution < -0.4 is 15.2 Å². The number of rotatable bonds is 3. The SMILES string of the molecule is COc1ccc(Oc2ncnc3nc[nH]c23)cc1N. The van der Waals surface area contributed by atoms with Crippen LogP contribution in [0.4, 0.5) is 5.69 Å². The summed E-state index contributed by atoms with van der Waals surface area (Å²) < 4.78 is 10.8. The van der Waals surface area contributed by atoms with Gasteiger partial charge in [0, 0.05) is 6.07 Å². The summed E-state index contributed by atoms with van der Waals surface area (Å²) in [6.45, 7) is 0. The van der Waals surface area contributed by atoms with E-state index in [9.17, 15) is 0 Å². The van der Waals surface area contributed by atoms with Gasteiger partial charge in [-0.25, -0.2) is 9.97 Å². The van der Waals surface area contributed by atoms with Crippen molar-refractivity contribution in [2.45, 2.75) is 0 Å². The molecule has 0 saturated heterocycles. The Hall–Kier alpha value is -2.83. The Morgan fingerprint density at radius 1 is 1.21 bits per heavy atom. The molecule has 0 bridgehead atoms. The normalized spacial score (nSPS) is 10.6. The van der Waals surface area contributed by atoms with Crippen molar-refractivity contribution in [1.29, 1.82) is 0 Å². The molecule has 0 amide bonds. The topological polar surface area (TPSA) is 98.9 Å². The lowest BCUT2D eigenvalue weighted by Crippen LogP contribution is -1.95. The number of nitrogen functional groups attached to an aromatic ring is 1. The van der Waals surface area contributed by atoms with Crippen molar-refractivity contribution in [3.63, 3.8) is 0 Å². The molecular weight excluding hydrogens is 246 g/mol. The van der Waals surface area contributed by atoms with E-state index in [-0.39, 0.29) is 0 Å². The molecule has 0 atom stereocenters. The van der Waals surface area contributed by atoms with Gasteiger partial charge in [-0.2, -0.15) is 4.98 Å². The molecule has 0 aliphatic rings. The number of methoxy groups -OCH3 is 1. The highest BCUT2D eigenvalue weighted by Crippen LogP contribution is 2.30. The summed E-state index contributed by atoms with van der Waals surface area (Å²) in [4.78, 5) is 15.0. The predicted molar refractivity (Wildman–Crippen MR) is 69.2 cm³/mol. The summed E-state index contributed by atoms with van der Waals surface area (Å²) in [6.07, 6.45) is 2.93. The maximum absolute atomic E-state index is 5.82. The third kappa shape index (κ3) is 2.01. The average Bonchev–Trinajstić information content (AvgIpc) is 2.88. The molecule has 3 aromatic rings. The highest BCUT2D eigenvalue weighted by Gasteiger charge is 2.09. The van der Waals surface area contributed by atoms with E-state index in [1.807, 2.05) is 0 Å². The molecule has 0 unspecified atom stereocenters. The van der Waals surface area contributed by atoms with Crippen LogP contribution in [0.5, 0.6) is 17.4 Å². The van der Waals surface area contributed by atoms with Gasteiger partial charge in [0.2, 0.25) is 5.88 Å². The Morgan fingerprint density at radius 3 is 2.89 bits per heavy atom. The second-order valence-electron chi connectivity index (χ2n) is 3.79. The standard InChI is InChI=1S/C12H11N5O2/c1-18-9-3-2-7(4-8(9)13)19-12-10-11(15-5-14-10)16-6-17-12/h2-6H,13H2,1H3,(H,14,15,16,17). The average molecular weight is 257 g/mol. The monoisotopic (exact) mass is 257 g/mol. The van der Waals surface area contributed by atoms with Crippen molar-refractivity contribution >= 4 is 16.9 Å². The van der Waals surface area contributed by atoms with Crippen molar-refractivity contribution in [2.75, 3.05) is 12.8 Å². The smallest absolute Gasteiger partial charge is 0.248 e. The largest absolute Gasteiger partial charge is 0.495 e. The number of nitrogens with zero attached hydrogens (tertiary/aromatic N) is 3. The van der Waals surface area contributed by atoms with Crippen LogP contribution in [0.2, 0.25) is 0 Å². The zero-order valence-electron chi connectivity index (χ0n) is 10.1. The summed E-state index contributed by atoms with van der Waals surface area (Å²) >= 11 is 0. The Morgan fingerprint density at radius 2 is 2.11 bits per heavy atom. The zero-order chi connectivity index (χ0) is 13.2. The van der Waals surface area contributed by atoms with Gasteiger partial charge in [-0.1, -0.05) is 0 Å². The highest BCUT2D eigenvalue weighted by molar-refractivity contribution is 5.75. The van der Waals surface area contributed by atoms with Crippen molar-refractivity contribution in [1.82, 2.24) is 19.9 Å². The fourth-order valence-electron chi connectivity index (χ4n) is 1.71. The molecule has 0 spiro atoms. The first-order valence-corrected chi connectivity index (χ1v) is 5.53. The number of aromatic amines is 1. The molecule has 0 aliphatic heterocycles. The van der Waals surface area contributed by atoms with E-state index in [4.69, 9.17) is 15.2 Å². The molecule has 0 fully saturated rings. The number of benzene rings is 1. The number of H-pyrrole nitrogens is 1. The first-order chi connectivity index (χ1) is 9.28. The number of nitrogens with two attached hydrogens (primary N) is 1. The summed E-state index contributed by atoms with van der Waals surface area (Å²) in [5.74, 6) is 1.56. The van der Waals surface area contributed by atoms with E-state index < -0.39 is 0 Å². The number of hydrogen-bond acceptors (Lipinski definition) is 6. The third-order valence-corrected chi connectivity index (χ3v) is 2.60. The minimum atomic E-state index is 0.395. The molecule has 7 heteroatoms. The lowest BCUT2D eigenvalue weighted by atomic mass is 10.3. The Bertz CT molecular complexity index is 725. The summed E-state index contributed by atoms with van der Waals surface area (Å²) in [6, 6.07) is 5.15. The molecule has 19 heavy (non-hydrogen) atoms. The first-order valence-electron chi connectivity index (χ1n) is 5.53. The van der Waals surface area contributed by atoms with Crippen LogP contribution in [0.3, 0.4) is 0 Å². The van der Waals surface area contributed by atoms with E-state index in [2.05, 4.69) is 19.9 Å². The van der Waals surface area contributed by atoms with E-state index in [1.165, 1.54) is 12.7 Å². The summed E-state index contributed by atoms with van der Waals surface area (Å²) in [5.41, 5.74) is 7.50. The predicted octanol–water partition coefficient (Wildman–Crippen LogP) is 1.74. The van der Waals surface area contributed by atoms with Gasteiger partial charge in [-0.3, -0.25) is 0 Å². The zero-order valence-corrected chi connectivity index (χ0v) is 10.1. The molecule has 0 radical (unpaired) electrons. The van der Waals surface area contributed by atoms with Crippen LogP contribution in [-0.4, -0.2) is 27.0 Å². The van der Waals surface area contributed by atoms with E-state index >= 15 is 0 Å². The first kappa shape index (κ1) is 11.3. The molecule has 2 aromatic heterocycles. The van der Waals surface area contributed by atoms with Gasteiger partial charge in [0.1, 0.15) is 23.3 Å². The van der Waals surface area contributed by atoms with E-state index in [0.717, 1.165) is 0 Å². The number of ether oxygens (including phenoxy) is 2.